The second-order valence-corrected chi connectivity index (χ2v) is 4.83. The lowest BCUT2D eigenvalue weighted by Crippen LogP contribution is -2.46. The topological polar surface area (TPSA) is 91.2 Å². The van der Waals surface area contributed by atoms with E-state index >= 15 is 0 Å². The Morgan fingerprint density at radius 3 is 2.86 bits per heavy atom. The highest BCUT2D eigenvalue weighted by molar-refractivity contribution is 5.88. The van der Waals surface area contributed by atoms with Crippen molar-refractivity contribution in [3.05, 3.63) is 29.8 Å². The number of nitrogens with zero attached hydrogens (tertiary/aromatic N) is 1. The van der Waals surface area contributed by atoms with E-state index in [1.165, 1.54) is 0 Å². The molecule has 0 aliphatic carbocycles. The van der Waals surface area contributed by atoms with E-state index in [0.29, 0.717) is 24.3 Å². The van der Waals surface area contributed by atoms with Crippen LogP contribution in [0.2, 0.25) is 0 Å². The molecule has 1 aromatic carbocycles. The third-order valence-corrected chi connectivity index (χ3v) is 3.22. The van der Waals surface area contributed by atoms with Crippen LogP contribution in [0.15, 0.2) is 24.3 Å². The van der Waals surface area contributed by atoms with Crippen LogP contribution >= 0.6 is 0 Å². The van der Waals surface area contributed by atoms with Gasteiger partial charge < -0.3 is 15.4 Å². The molecule has 0 radical (unpaired) electrons. The zero-order valence-corrected chi connectivity index (χ0v) is 11.6. The fourth-order valence-corrected chi connectivity index (χ4v) is 2.09. The van der Waals surface area contributed by atoms with Crippen molar-refractivity contribution in [3.8, 4) is 11.8 Å². The zero-order chi connectivity index (χ0) is 15.1. The lowest BCUT2D eigenvalue weighted by Gasteiger charge is -2.15. The maximum atomic E-state index is 11.8. The predicted molar refractivity (Wildman–Crippen MR) is 75.4 cm³/mol. The van der Waals surface area contributed by atoms with Gasteiger partial charge in [-0.2, -0.15) is 5.26 Å². The van der Waals surface area contributed by atoms with E-state index in [-0.39, 0.29) is 18.4 Å². The number of amides is 2. The van der Waals surface area contributed by atoms with Gasteiger partial charge in [0.2, 0.25) is 5.91 Å². The van der Waals surface area contributed by atoms with E-state index < -0.39 is 6.04 Å². The Labute approximate surface area is 123 Å². The largest absolute Gasteiger partial charge is 0.484 e. The Morgan fingerprint density at radius 1 is 1.38 bits per heavy atom. The third-order valence-electron chi connectivity index (χ3n) is 3.22. The van der Waals surface area contributed by atoms with Crippen LogP contribution in [0.5, 0.6) is 5.75 Å². The average Bonchev–Trinajstić information content (AvgIpc) is 2.71. The number of carbonyl (C=O) groups is 2. The van der Waals surface area contributed by atoms with Gasteiger partial charge in [-0.3, -0.25) is 9.59 Å². The summed E-state index contributed by atoms with van der Waals surface area (Å²) < 4.78 is 5.32. The van der Waals surface area contributed by atoms with Crippen molar-refractivity contribution in [2.24, 2.45) is 0 Å². The standard InChI is InChI=1S/C15H17N3O3/c16-9-11-4-6-12(7-5-11)21-10-14(19)18-13-3-1-2-8-17-15(13)20/h4-7,13H,1-3,8,10H2,(H,17,20)(H,18,19). The SMILES string of the molecule is N#Cc1ccc(OCC(=O)NC2CCCCNC2=O)cc1. The summed E-state index contributed by atoms with van der Waals surface area (Å²) in [5, 5.41) is 14.1. The van der Waals surface area contributed by atoms with E-state index in [4.69, 9.17) is 10.00 Å². The Morgan fingerprint density at radius 2 is 2.14 bits per heavy atom. The van der Waals surface area contributed by atoms with Crippen LogP contribution in [0.1, 0.15) is 24.8 Å². The number of hydrogen-bond donors (Lipinski definition) is 2. The van der Waals surface area contributed by atoms with Crippen LogP contribution < -0.4 is 15.4 Å². The van der Waals surface area contributed by atoms with Gasteiger partial charge in [0.25, 0.3) is 5.91 Å². The van der Waals surface area contributed by atoms with E-state index in [1.54, 1.807) is 24.3 Å². The molecule has 0 aromatic heterocycles. The molecule has 1 aliphatic rings. The molecule has 110 valence electrons. The molecule has 2 rings (SSSR count). The average molecular weight is 287 g/mol. The van der Waals surface area contributed by atoms with Gasteiger partial charge in [0.1, 0.15) is 11.8 Å². The number of hydrogen-bond acceptors (Lipinski definition) is 4. The second-order valence-electron chi connectivity index (χ2n) is 4.83. The molecular formula is C15H17N3O3. The lowest BCUT2D eigenvalue weighted by atomic mass is 10.1. The molecular weight excluding hydrogens is 270 g/mol. The molecule has 1 aromatic rings. The van der Waals surface area contributed by atoms with Crippen LogP contribution in [0.3, 0.4) is 0 Å². The first-order valence-electron chi connectivity index (χ1n) is 6.89. The third kappa shape index (κ3) is 4.49. The highest BCUT2D eigenvalue weighted by Gasteiger charge is 2.22. The van der Waals surface area contributed by atoms with Crippen molar-refractivity contribution in [1.29, 1.82) is 5.26 Å². The van der Waals surface area contributed by atoms with Crippen molar-refractivity contribution in [1.82, 2.24) is 10.6 Å². The monoisotopic (exact) mass is 287 g/mol. The van der Waals surface area contributed by atoms with Crippen molar-refractivity contribution in [2.75, 3.05) is 13.2 Å². The molecule has 1 aliphatic heterocycles. The summed E-state index contributed by atoms with van der Waals surface area (Å²) in [5.41, 5.74) is 0.530. The minimum Gasteiger partial charge on any atom is -0.484 e. The fraction of sp³-hybridized carbons (Fsp3) is 0.400. The first-order chi connectivity index (χ1) is 10.2. The Kier molecular flexibility index (Phi) is 5.16. The Hall–Kier alpha value is -2.55. The Bertz CT molecular complexity index is 548. The molecule has 1 saturated heterocycles. The molecule has 2 N–H and O–H groups in total. The van der Waals surface area contributed by atoms with Crippen LogP contribution in [0.4, 0.5) is 0 Å². The summed E-state index contributed by atoms with van der Waals surface area (Å²) in [7, 11) is 0. The van der Waals surface area contributed by atoms with Gasteiger partial charge in [-0.25, -0.2) is 0 Å². The van der Waals surface area contributed by atoms with Crippen LogP contribution in [0.25, 0.3) is 0 Å². The highest BCUT2D eigenvalue weighted by Crippen LogP contribution is 2.11. The van der Waals surface area contributed by atoms with Gasteiger partial charge in [-0.15, -0.1) is 0 Å². The number of rotatable bonds is 4. The first-order valence-corrected chi connectivity index (χ1v) is 6.89. The molecule has 1 fully saturated rings. The van der Waals surface area contributed by atoms with Crippen molar-refractivity contribution in [3.63, 3.8) is 0 Å². The summed E-state index contributed by atoms with van der Waals surface area (Å²) in [4.78, 5) is 23.5. The molecule has 2 amide bonds. The molecule has 0 saturated carbocycles. The van der Waals surface area contributed by atoms with E-state index in [2.05, 4.69) is 10.6 Å². The summed E-state index contributed by atoms with van der Waals surface area (Å²) in [5.74, 6) is 0.0371. The number of ether oxygens (including phenoxy) is 1. The van der Waals surface area contributed by atoms with Crippen LogP contribution in [0, 0.1) is 11.3 Å². The van der Waals surface area contributed by atoms with Crippen molar-refractivity contribution >= 4 is 11.8 Å². The lowest BCUT2D eigenvalue weighted by molar-refractivity contribution is -0.129. The fourth-order valence-electron chi connectivity index (χ4n) is 2.09. The molecule has 0 spiro atoms. The molecule has 6 nitrogen and oxygen atoms in total. The summed E-state index contributed by atoms with van der Waals surface area (Å²) in [6.45, 7) is 0.503. The summed E-state index contributed by atoms with van der Waals surface area (Å²) in [6, 6.07) is 8.02. The van der Waals surface area contributed by atoms with Crippen molar-refractivity contribution in [2.45, 2.75) is 25.3 Å². The summed E-state index contributed by atoms with van der Waals surface area (Å²) in [6.07, 6.45) is 2.48. The van der Waals surface area contributed by atoms with E-state index in [0.717, 1.165) is 12.8 Å². The second kappa shape index (κ2) is 7.29. The smallest absolute Gasteiger partial charge is 0.258 e. The van der Waals surface area contributed by atoms with Gasteiger partial charge in [-0.1, -0.05) is 0 Å². The van der Waals surface area contributed by atoms with Crippen molar-refractivity contribution < 1.29 is 14.3 Å². The first kappa shape index (κ1) is 14.9. The molecule has 6 heteroatoms. The molecule has 21 heavy (non-hydrogen) atoms. The normalized spacial score (nSPS) is 18.0. The summed E-state index contributed by atoms with van der Waals surface area (Å²) >= 11 is 0. The molecule has 0 bridgehead atoms. The minimum atomic E-state index is -0.482. The van der Waals surface area contributed by atoms with Gasteiger partial charge in [0.15, 0.2) is 6.61 Å². The number of nitriles is 1. The number of nitrogens with one attached hydrogen (secondary N) is 2. The van der Waals surface area contributed by atoms with Gasteiger partial charge >= 0.3 is 0 Å². The van der Waals surface area contributed by atoms with E-state index in [1.807, 2.05) is 6.07 Å². The van der Waals surface area contributed by atoms with Crippen LogP contribution in [-0.2, 0) is 9.59 Å². The highest BCUT2D eigenvalue weighted by atomic mass is 16.5. The van der Waals surface area contributed by atoms with Crippen LogP contribution in [-0.4, -0.2) is 31.0 Å². The molecule has 1 atom stereocenters. The zero-order valence-electron chi connectivity index (χ0n) is 11.6. The van der Waals surface area contributed by atoms with Gasteiger partial charge in [-0.05, 0) is 43.5 Å². The maximum absolute atomic E-state index is 11.8. The van der Waals surface area contributed by atoms with Gasteiger partial charge in [0.05, 0.1) is 11.6 Å². The number of benzene rings is 1. The number of carbonyl (C=O) groups excluding carboxylic acids is 2. The molecule has 1 heterocycles. The Balaban J connectivity index is 1.81. The molecule has 1 unspecified atom stereocenters. The maximum Gasteiger partial charge on any atom is 0.258 e. The van der Waals surface area contributed by atoms with Gasteiger partial charge in [0, 0.05) is 6.54 Å². The predicted octanol–water partition coefficient (Wildman–Crippen LogP) is 0.722. The minimum absolute atomic E-state index is 0.140. The quantitative estimate of drug-likeness (QED) is 0.853. The van der Waals surface area contributed by atoms with E-state index in [9.17, 15) is 9.59 Å².